The summed E-state index contributed by atoms with van der Waals surface area (Å²) in [6.45, 7) is 0. The van der Waals surface area contributed by atoms with Gasteiger partial charge in [0.15, 0.2) is 17.5 Å². The van der Waals surface area contributed by atoms with E-state index >= 15 is 0 Å². The van der Waals surface area contributed by atoms with Crippen LogP contribution in [0, 0.1) is 0 Å². The average Bonchev–Trinajstić information content (AvgIpc) is 3.76. The summed E-state index contributed by atoms with van der Waals surface area (Å²) in [5, 5.41) is 4.51. The number of fused-ring (bicyclic) bond motifs is 12. The molecule has 0 saturated heterocycles. The van der Waals surface area contributed by atoms with Crippen molar-refractivity contribution in [1.82, 2.24) is 15.0 Å². The van der Waals surface area contributed by atoms with E-state index in [1.54, 1.807) is 0 Å². The second-order valence-corrected chi connectivity index (χ2v) is 15.0. The van der Waals surface area contributed by atoms with Gasteiger partial charge in [-0.1, -0.05) is 194 Å². The summed E-state index contributed by atoms with van der Waals surface area (Å²) in [6, 6.07) is 72.1. The first-order chi connectivity index (χ1) is 28.3. The van der Waals surface area contributed by atoms with Crippen molar-refractivity contribution in [2.45, 2.75) is 5.41 Å². The van der Waals surface area contributed by atoms with E-state index in [4.69, 9.17) is 15.0 Å². The van der Waals surface area contributed by atoms with Crippen molar-refractivity contribution in [1.29, 1.82) is 0 Å². The van der Waals surface area contributed by atoms with E-state index in [0.29, 0.717) is 17.5 Å². The molecule has 0 saturated carbocycles. The van der Waals surface area contributed by atoms with Crippen molar-refractivity contribution in [2.24, 2.45) is 0 Å². The molecule has 2 aliphatic carbocycles. The molecular weight excluding hydrogens is 691 g/mol. The topological polar surface area (TPSA) is 38.7 Å². The number of nitrogens with zero attached hydrogens (tertiary/aromatic N) is 3. The molecule has 0 atom stereocenters. The van der Waals surface area contributed by atoms with Gasteiger partial charge in [0.05, 0.1) is 5.41 Å². The first-order valence-corrected chi connectivity index (χ1v) is 19.5. The third kappa shape index (κ3) is 4.51. The van der Waals surface area contributed by atoms with Crippen LogP contribution >= 0.6 is 0 Å². The fourth-order valence-electron chi connectivity index (χ4n) is 9.86. The van der Waals surface area contributed by atoms with E-state index in [1.807, 2.05) is 18.2 Å². The van der Waals surface area contributed by atoms with E-state index in [9.17, 15) is 0 Å². The minimum absolute atomic E-state index is 0.457. The number of hydrogen-bond acceptors (Lipinski definition) is 3. The van der Waals surface area contributed by atoms with Crippen LogP contribution < -0.4 is 0 Å². The Morgan fingerprint density at radius 2 is 0.667 bits per heavy atom. The number of benzene rings is 9. The Morgan fingerprint density at radius 3 is 1.33 bits per heavy atom. The first-order valence-electron chi connectivity index (χ1n) is 19.5. The molecule has 2 aliphatic rings. The van der Waals surface area contributed by atoms with Gasteiger partial charge in [0, 0.05) is 16.7 Å². The maximum atomic E-state index is 5.27. The van der Waals surface area contributed by atoms with Crippen molar-refractivity contribution in [3.63, 3.8) is 0 Å². The number of rotatable bonds is 4. The first kappa shape index (κ1) is 31.8. The molecule has 264 valence electrons. The highest BCUT2D eigenvalue weighted by Gasteiger charge is 2.52. The molecule has 0 radical (unpaired) electrons. The Balaban J connectivity index is 1.12. The number of aromatic nitrogens is 3. The van der Waals surface area contributed by atoms with Crippen LogP contribution in [0.15, 0.2) is 200 Å². The lowest BCUT2D eigenvalue weighted by Gasteiger charge is -2.32. The van der Waals surface area contributed by atoms with Crippen molar-refractivity contribution in [2.75, 3.05) is 0 Å². The molecule has 57 heavy (non-hydrogen) atoms. The average molecular weight is 724 g/mol. The lowest BCUT2D eigenvalue weighted by molar-refractivity contribution is 0.796. The third-order valence-electron chi connectivity index (χ3n) is 12.2. The quantitative estimate of drug-likeness (QED) is 0.181. The molecule has 1 spiro atoms. The Bertz CT molecular complexity index is 3190. The van der Waals surface area contributed by atoms with Gasteiger partial charge in [-0.05, 0) is 83.2 Å². The zero-order chi connectivity index (χ0) is 37.5. The van der Waals surface area contributed by atoms with Gasteiger partial charge in [-0.15, -0.1) is 0 Å². The number of hydrogen-bond donors (Lipinski definition) is 0. The van der Waals surface area contributed by atoms with Crippen LogP contribution in [0.3, 0.4) is 0 Å². The molecule has 12 rings (SSSR count). The standard InChI is InChI=1S/C54H33N3/c1-2-17-35(18-3-1)51-55-52(45-28-14-19-34-16-4-5-20-36(34)45)57-53(56-51)46-33-32-39(37-21-6-7-22-38(37)46)43-26-15-27-44-42-25-10-13-31-49(42)54(50(43)44)47-29-11-8-23-40(47)41-24-9-12-30-48(41)54/h1-33H. The van der Waals surface area contributed by atoms with Crippen LogP contribution in [0.25, 0.3) is 89.1 Å². The van der Waals surface area contributed by atoms with Crippen LogP contribution in [-0.2, 0) is 5.41 Å². The fraction of sp³-hybridized carbons (Fsp3) is 0.0185. The van der Waals surface area contributed by atoms with E-state index in [0.717, 1.165) is 38.2 Å². The van der Waals surface area contributed by atoms with Gasteiger partial charge in [-0.3, -0.25) is 0 Å². The molecule has 0 aliphatic heterocycles. The summed E-state index contributed by atoms with van der Waals surface area (Å²) in [6.07, 6.45) is 0. The van der Waals surface area contributed by atoms with Crippen LogP contribution in [0.2, 0.25) is 0 Å². The van der Waals surface area contributed by atoms with Crippen molar-refractivity contribution in [3.05, 3.63) is 222 Å². The largest absolute Gasteiger partial charge is 0.208 e. The smallest absolute Gasteiger partial charge is 0.164 e. The molecule has 3 heteroatoms. The van der Waals surface area contributed by atoms with Crippen LogP contribution in [0.5, 0.6) is 0 Å². The van der Waals surface area contributed by atoms with Gasteiger partial charge in [0.25, 0.3) is 0 Å². The van der Waals surface area contributed by atoms with Gasteiger partial charge in [0.2, 0.25) is 0 Å². The molecule has 0 unspecified atom stereocenters. The summed E-state index contributed by atoms with van der Waals surface area (Å²) in [5.74, 6) is 1.95. The summed E-state index contributed by atoms with van der Waals surface area (Å²) in [7, 11) is 0. The van der Waals surface area contributed by atoms with Gasteiger partial charge >= 0.3 is 0 Å². The molecule has 1 heterocycles. The Kier molecular flexibility index (Phi) is 6.84. The Labute approximate surface area is 330 Å². The zero-order valence-corrected chi connectivity index (χ0v) is 30.9. The van der Waals surface area contributed by atoms with Crippen molar-refractivity contribution < 1.29 is 0 Å². The van der Waals surface area contributed by atoms with Gasteiger partial charge in [-0.2, -0.15) is 0 Å². The molecular formula is C54H33N3. The summed E-state index contributed by atoms with van der Waals surface area (Å²) >= 11 is 0. The highest BCUT2D eigenvalue weighted by molar-refractivity contribution is 6.07. The normalized spacial score (nSPS) is 13.1. The Hall–Kier alpha value is -7.49. The second kappa shape index (κ2) is 12.3. The molecule has 1 aromatic heterocycles. The van der Waals surface area contributed by atoms with E-state index in [2.05, 4.69) is 182 Å². The summed E-state index contributed by atoms with van der Waals surface area (Å²) in [4.78, 5) is 15.6. The van der Waals surface area contributed by atoms with Gasteiger partial charge < -0.3 is 0 Å². The lowest BCUT2D eigenvalue weighted by atomic mass is 9.68. The van der Waals surface area contributed by atoms with Crippen molar-refractivity contribution >= 4 is 21.5 Å². The summed E-state index contributed by atoms with van der Waals surface area (Å²) < 4.78 is 0. The Morgan fingerprint density at radius 1 is 0.263 bits per heavy atom. The van der Waals surface area contributed by atoms with Gasteiger partial charge in [0.1, 0.15) is 0 Å². The third-order valence-corrected chi connectivity index (χ3v) is 12.2. The van der Waals surface area contributed by atoms with Crippen molar-refractivity contribution in [3.8, 4) is 67.5 Å². The minimum Gasteiger partial charge on any atom is -0.208 e. The molecule has 0 amide bonds. The highest BCUT2D eigenvalue weighted by atomic mass is 15.0. The molecule has 3 nitrogen and oxygen atoms in total. The molecule has 9 aromatic carbocycles. The fourth-order valence-corrected chi connectivity index (χ4v) is 9.86. The molecule has 0 fully saturated rings. The summed E-state index contributed by atoms with van der Waals surface area (Å²) in [5.41, 5.74) is 15.4. The van der Waals surface area contributed by atoms with Crippen LogP contribution in [-0.4, -0.2) is 15.0 Å². The van der Waals surface area contributed by atoms with Gasteiger partial charge in [-0.25, -0.2) is 15.0 Å². The highest BCUT2D eigenvalue weighted by Crippen LogP contribution is 2.64. The maximum absolute atomic E-state index is 5.27. The molecule has 0 bridgehead atoms. The van der Waals surface area contributed by atoms with Crippen LogP contribution in [0.4, 0.5) is 0 Å². The minimum atomic E-state index is -0.457. The lowest BCUT2D eigenvalue weighted by Crippen LogP contribution is -2.26. The predicted octanol–water partition coefficient (Wildman–Crippen LogP) is 13.2. The second-order valence-electron chi connectivity index (χ2n) is 15.0. The van der Waals surface area contributed by atoms with E-state index in [1.165, 1.54) is 55.6 Å². The van der Waals surface area contributed by atoms with E-state index < -0.39 is 5.41 Å². The zero-order valence-electron chi connectivity index (χ0n) is 30.9. The van der Waals surface area contributed by atoms with E-state index in [-0.39, 0.29) is 0 Å². The monoisotopic (exact) mass is 723 g/mol. The molecule has 0 N–H and O–H groups in total. The SMILES string of the molecule is c1ccc(-c2nc(-c3cccc4ccccc34)nc(-c3ccc(-c4cccc5c4C4(c6ccccc6-c6ccccc64)c4ccccc4-5)c4ccccc34)n2)cc1. The van der Waals surface area contributed by atoms with Crippen LogP contribution in [0.1, 0.15) is 22.3 Å². The molecule has 10 aromatic rings. The predicted molar refractivity (Wildman–Crippen MR) is 233 cm³/mol. The maximum Gasteiger partial charge on any atom is 0.164 e.